The highest BCUT2D eigenvalue weighted by molar-refractivity contribution is 5.78. The number of benzene rings is 2. The zero-order chi connectivity index (χ0) is 16.7. The van der Waals surface area contributed by atoms with E-state index >= 15 is 0 Å². The summed E-state index contributed by atoms with van der Waals surface area (Å²) < 4.78 is 15.7. The van der Waals surface area contributed by atoms with Crippen molar-refractivity contribution in [2.75, 3.05) is 0 Å². The summed E-state index contributed by atoms with van der Waals surface area (Å²) in [5.41, 5.74) is 1.17. The Balaban J connectivity index is 1.72. The minimum absolute atomic E-state index is 0.0584. The first-order chi connectivity index (χ1) is 11.6. The number of rotatable bonds is 3. The number of aromatic nitrogens is 2. The van der Waals surface area contributed by atoms with Crippen molar-refractivity contribution in [3.63, 3.8) is 0 Å². The van der Waals surface area contributed by atoms with Gasteiger partial charge in [-0.3, -0.25) is 9.36 Å². The van der Waals surface area contributed by atoms with Crippen molar-refractivity contribution in [3.8, 4) is 0 Å². The Labute approximate surface area is 139 Å². The maximum Gasteiger partial charge on any atom is 0.261 e. The van der Waals surface area contributed by atoms with Gasteiger partial charge in [-0.15, -0.1) is 0 Å². The molecule has 0 saturated heterocycles. The van der Waals surface area contributed by atoms with Gasteiger partial charge in [0.15, 0.2) is 0 Å². The summed E-state index contributed by atoms with van der Waals surface area (Å²) in [5.74, 6) is 0.176. The molecule has 1 aliphatic heterocycles. The van der Waals surface area contributed by atoms with Gasteiger partial charge in [0.05, 0.1) is 11.4 Å². The van der Waals surface area contributed by atoms with Gasteiger partial charge in [-0.1, -0.05) is 36.4 Å². The maximum absolute atomic E-state index is 14.1. The van der Waals surface area contributed by atoms with Crippen molar-refractivity contribution >= 4 is 10.9 Å². The van der Waals surface area contributed by atoms with E-state index in [1.54, 1.807) is 16.7 Å². The number of nitrogens with one attached hydrogen (secondary N) is 1. The molecule has 0 spiro atoms. The Morgan fingerprint density at radius 1 is 1.21 bits per heavy atom. The predicted octanol–water partition coefficient (Wildman–Crippen LogP) is 3.33. The minimum Gasteiger partial charge on any atom is -0.301 e. The van der Waals surface area contributed by atoms with Crippen molar-refractivity contribution < 1.29 is 4.39 Å². The first-order valence-corrected chi connectivity index (χ1v) is 8.15. The van der Waals surface area contributed by atoms with Gasteiger partial charge in [0.25, 0.3) is 5.56 Å². The Morgan fingerprint density at radius 2 is 2.00 bits per heavy atom. The second-order valence-corrected chi connectivity index (χ2v) is 6.20. The lowest BCUT2D eigenvalue weighted by Crippen LogP contribution is -2.27. The van der Waals surface area contributed by atoms with Crippen LogP contribution >= 0.6 is 0 Å². The van der Waals surface area contributed by atoms with E-state index in [1.165, 1.54) is 11.6 Å². The van der Waals surface area contributed by atoms with Crippen LogP contribution in [-0.2, 0) is 6.54 Å². The average Bonchev–Trinajstić information content (AvgIpc) is 3.00. The van der Waals surface area contributed by atoms with E-state index in [-0.39, 0.29) is 23.2 Å². The van der Waals surface area contributed by atoms with Crippen molar-refractivity contribution in [2.24, 2.45) is 0 Å². The average molecular weight is 323 g/mol. The monoisotopic (exact) mass is 323 g/mol. The SMILES string of the molecule is C[C@H](NC1CCn2c1nc1c(F)cccc1c2=O)c1ccccc1. The zero-order valence-corrected chi connectivity index (χ0v) is 13.4. The number of nitrogens with zero attached hydrogens (tertiary/aromatic N) is 2. The molecule has 2 atom stereocenters. The van der Waals surface area contributed by atoms with Gasteiger partial charge < -0.3 is 5.32 Å². The largest absolute Gasteiger partial charge is 0.301 e. The minimum atomic E-state index is -0.449. The highest BCUT2D eigenvalue weighted by Gasteiger charge is 2.28. The molecule has 5 heteroatoms. The van der Waals surface area contributed by atoms with Gasteiger partial charge in [0.1, 0.15) is 17.2 Å². The van der Waals surface area contributed by atoms with Crippen LogP contribution in [0.3, 0.4) is 0 Å². The number of fused-ring (bicyclic) bond motifs is 2. The van der Waals surface area contributed by atoms with Crippen LogP contribution in [0.25, 0.3) is 10.9 Å². The molecule has 0 amide bonds. The summed E-state index contributed by atoms with van der Waals surface area (Å²) in [6.45, 7) is 2.69. The molecule has 0 aliphatic carbocycles. The van der Waals surface area contributed by atoms with Gasteiger partial charge in [-0.2, -0.15) is 0 Å². The molecule has 0 fully saturated rings. The van der Waals surface area contributed by atoms with Gasteiger partial charge in [-0.05, 0) is 31.0 Å². The summed E-state index contributed by atoms with van der Waals surface area (Å²) in [4.78, 5) is 17.1. The van der Waals surface area contributed by atoms with E-state index in [2.05, 4.69) is 29.4 Å². The second kappa shape index (κ2) is 5.83. The molecule has 0 saturated carbocycles. The fraction of sp³-hybridized carbons (Fsp3) is 0.263. The molecule has 3 aromatic rings. The molecule has 0 radical (unpaired) electrons. The first-order valence-electron chi connectivity index (χ1n) is 8.15. The van der Waals surface area contributed by atoms with Crippen LogP contribution in [0.1, 0.15) is 36.8 Å². The molecule has 2 aromatic carbocycles. The summed E-state index contributed by atoms with van der Waals surface area (Å²) in [6.07, 6.45) is 0.775. The Kier molecular flexibility index (Phi) is 3.65. The molecule has 1 aromatic heterocycles. The van der Waals surface area contributed by atoms with E-state index in [1.807, 2.05) is 18.2 Å². The third-order valence-electron chi connectivity index (χ3n) is 4.67. The number of para-hydroxylation sites is 1. The molecule has 24 heavy (non-hydrogen) atoms. The number of hydrogen-bond acceptors (Lipinski definition) is 3. The van der Waals surface area contributed by atoms with Gasteiger partial charge in [0, 0.05) is 12.6 Å². The van der Waals surface area contributed by atoms with Crippen LogP contribution in [0.15, 0.2) is 53.3 Å². The highest BCUT2D eigenvalue weighted by Crippen LogP contribution is 2.27. The maximum atomic E-state index is 14.1. The van der Waals surface area contributed by atoms with Crippen LogP contribution in [0.2, 0.25) is 0 Å². The molecule has 2 heterocycles. The number of hydrogen-bond donors (Lipinski definition) is 1. The van der Waals surface area contributed by atoms with Crippen molar-refractivity contribution in [1.82, 2.24) is 14.9 Å². The second-order valence-electron chi connectivity index (χ2n) is 6.20. The molecule has 1 N–H and O–H groups in total. The third kappa shape index (κ3) is 2.41. The van der Waals surface area contributed by atoms with Crippen molar-refractivity contribution in [3.05, 3.63) is 76.1 Å². The van der Waals surface area contributed by atoms with Crippen LogP contribution in [0, 0.1) is 5.82 Å². The summed E-state index contributed by atoms with van der Waals surface area (Å²) >= 11 is 0. The standard InChI is InChI=1S/C19H18FN3O/c1-12(13-6-3-2-4-7-13)21-16-10-11-23-18(16)22-17-14(19(23)24)8-5-9-15(17)20/h2-9,12,16,21H,10-11H2,1H3/t12-,16?/m0/s1. The normalized spacial score (nSPS) is 17.8. The van der Waals surface area contributed by atoms with E-state index < -0.39 is 5.82 Å². The molecular formula is C19H18FN3O. The first kappa shape index (κ1) is 15.0. The summed E-state index contributed by atoms with van der Waals surface area (Å²) in [5, 5.41) is 3.86. The molecule has 4 rings (SSSR count). The highest BCUT2D eigenvalue weighted by atomic mass is 19.1. The van der Waals surface area contributed by atoms with Crippen LogP contribution in [0.5, 0.6) is 0 Å². The molecule has 4 nitrogen and oxygen atoms in total. The fourth-order valence-corrected chi connectivity index (χ4v) is 3.39. The van der Waals surface area contributed by atoms with Gasteiger partial charge in [0.2, 0.25) is 0 Å². The number of halogens is 1. The van der Waals surface area contributed by atoms with E-state index in [9.17, 15) is 9.18 Å². The van der Waals surface area contributed by atoms with E-state index in [4.69, 9.17) is 0 Å². The molecule has 1 aliphatic rings. The smallest absolute Gasteiger partial charge is 0.261 e. The fourth-order valence-electron chi connectivity index (χ4n) is 3.39. The van der Waals surface area contributed by atoms with Gasteiger partial charge >= 0.3 is 0 Å². The topological polar surface area (TPSA) is 46.9 Å². The Hall–Kier alpha value is -2.53. The van der Waals surface area contributed by atoms with Crippen LogP contribution in [-0.4, -0.2) is 9.55 Å². The van der Waals surface area contributed by atoms with E-state index in [0.717, 1.165) is 6.42 Å². The van der Waals surface area contributed by atoms with Crippen molar-refractivity contribution in [2.45, 2.75) is 32.0 Å². The quantitative estimate of drug-likeness (QED) is 0.804. The summed E-state index contributed by atoms with van der Waals surface area (Å²) in [6, 6.07) is 14.7. The zero-order valence-electron chi connectivity index (χ0n) is 13.4. The van der Waals surface area contributed by atoms with Crippen LogP contribution < -0.4 is 10.9 Å². The molecule has 0 bridgehead atoms. The lowest BCUT2D eigenvalue weighted by Gasteiger charge is -2.19. The van der Waals surface area contributed by atoms with E-state index in [0.29, 0.717) is 17.8 Å². The van der Waals surface area contributed by atoms with Crippen molar-refractivity contribution in [1.29, 1.82) is 0 Å². The summed E-state index contributed by atoms with van der Waals surface area (Å²) in [7, 11) is 0. The third-order valence-corrected chi connectivity index (χ3v) is 4.67. The molecular weight excluding hydrogens is 305 g/mol. The Bertz CT molecular complexity index is 952. The lowest BCUT2D eigenvalue weighted by atomic mass is 10.1. The Morgan fingerprint density at radius 3 is 2.79 bits per heavy atom. The predicted molar refractivity (Wildman–Crippen MR) is 91.3 cm³/mol. The molecule has 1 unspecified atom stereocenters. The van der Waals surface area contributed by atoms with Crippen LogP contribution in [0.4, 0.5) is 4.39 Å². The van der Waals surface area contributed by atoms with Gasteiger partial charge in [-0.25, -0.2) is 9.37 Å². The lowest BCUT2D eigenvalue weighted by molar-refractivity contribution is 0.459. The molecule has 122 valence electrons.